The summed E-state index contributed by atoms with van der Waals surface area (Å²) in [5.41, 5.74) is 5.53. The van der Waals surface area contributed by atoms with Gasteiger partial charge in [-0.3, -0.25) is 0 Å². The van der Waals surface area contributed by atoms with Gasteiger partial charge in [0.25, 0.3) is 0 Å². The second-order valence-electron chi connectivity index (χ2n) is 4.70. The lowest BCUT2D eigenvalue weighted by Crippen LogP contribution is -2.37. The Labute approximate surface area is 82.5 Å². The Morgan fingerprint density at radius 2 is 1.92 bits per heavy atom. The number of nitrogens with zero attached hydrogens (tertiary/aromatic N) is 1. The number of likely N-dealkylation sites (tertiary alicyclic amines) is 1. The highest BCUT2D eigenvalue weighted by Gasteiger charge is 2.18. The van der Waals surface area contributed by atoms with Crippen LogP contribution in [0.3, 0.4) is 0 Å². The van der Waals surface area contributed by atoms with E-state index in [-0.39, 0.29) is 0 Å². The molecule has 1 fully saturated rings. The molecule has 0 aromatic carbocycles. The molecule has 1 aliphatic rings. The van der Waals surface area contributed by atoms with Crippen LogP contribution in [0.5, 0.6) is 0 Å². The fraction of sp³-hybridized carbons (Fsp3) is 1.00. The van der Waals surface area contributed by atoms with Gasteiger partial charge in [0.15, 0.2) is 0 Å². The molecule has 0 amide bonds. The van der Waals surface area contributed by atoms with Crippen LogP contribution in [-0.4, -0.2) is 31.1 Å². The molecule has 0 saturated carbocycles. The quantitative estimate of drug-likeness (QED) is 0.720. The van der Waals surface area contributed by atoms with Crippen LogP contribution in [0.2, 0.25) is 0 Å². The van der Waals surface area contributed by atoms with Gasteiger partial charge in [0, 0.05) is 13.1 Å². The van der Waals surface area contributed by atoms with Gasteiger partial charge in [-0.1, -0.05) is 13.8 Å². The molecule has 0 unspecified atom stereocenters. The van der Waals surface area contributed by atoms with Crippen molar-refractivity contribution in [1.29, 1.82) is 0 Å². The van der Waals surface area contributed by atoms with Crippen molar-refractivity contribution in [3.05, 3.63) is 0 Å². The van der Waals surface area contributed by atoms with E-state index in [4.69, 9.17) is 5.73 Å². The summed E-state index contributed by atoms with van der Waals surface area (Å²) >= 11 is 0. The van der Waals surface area contributed by atoms with Crippen LogP contribution in [0.25, 0.3) is 0 Å². The summed E-state index contributed by atoms with van der Waals surface area (Å²) in [6.07, 6.45) is 4.19. The Hall–Kier alpha value is -0.0800. The van der Waals surface area contributed by atoms with Crippen molar-refractivity contribution in [2.75, 3.05) is 26.2 Å². The number of nitrogens with two attached hydrogens (primary N) is 1. The molecule has 0 spiro atoms. The zero-order chi connectivity index (χ0) is 9.68. The van der Waals surface area contributed by atoms with Gasteiger partial charge in [0.2, 0.25) is 0 Å². The molecule has 2 nitrogen and oxygen atoms in total. The van der Waals surface area contributed by atoms with E-state index in [1.165, 1.54) is 32.4 Å². The molecule has 0 aromatic rings. The van der Waals surface area contributed by atoms with Gasteiger partial charge >= 0.3 is 0 Å². The molecule has 0 aliphatic carbocycles. The van der Waals surface area contributed by atoms with E-state index < -0.39 is 0 Å². The fourth-order valence-corrected chi connectivity index (χ4v) is 2.29. The van der Waals surface area contributed by atoms with E-state index >= 15 is 0 Å². The van der Waals surface area contributed by atoms with Gasteiger partial charge in [0.05, 0.1) is 0 Å². The minimum atomic E-state index is 0.814. The van der Waals surface area contributed by atoms with Crippen LogP contribution in [0.4, 0.5) is 0 Å². The van der Waals surface area contributed by atoms with Gasteiger partial charge in [0.1, 0.15) is 0 Å². The average molecular weight is 184 g/mol. The molecule has 0 radical (unpaired) electrons. The average Bonchev–Trinajstić information content (AvgIpc) is 2.08. The molecular weight excluding hydrogens is 160 g/mol. The summed E-state index contributed by atoms with van der Waals surface area (Å²) in [5, 5.41) is 0. The Morgan fingerprint density at radius 1 is 1.31 bits per heavy atom. The lowest BCUT2D eigenvalue weighted by atomic mass is 9.89. The standard InChI is InChI=1S/C11H24N2/c1-10(2)9-11-3-6-13(7-4-11)8-5-12/h10-11H,3-9,12H2,1-2H3. The minimum Gasteiger partial charge on any atom is -0.329 e. The van der Waals surface area contributed by atoms with Gasteiger partial charge < -0.3 is 10.6 Å². The van der Waals surface area contributed by atoms with Crippen LogP contribution < -0.4 is 5.73 Å². The van der Waals surface area contributed by atoms with E-state index in [9.17, 15) is 0 Å². The van der Waals surface area contributed by atoms with E-state index in [0.29, 0.717) is 0 Å². The molecule has 2 heteroatoms. The summed E-state index contributed by atoms with van der Waals surface area (Å²) in [6.45, 7) is 9.10. The lowest BCUT2D eigenvalue weighted by Gasteiger charge is -2.32. The molecule has 1 rings (SSSR count). The van der Waals surface area contributed by atoms with Crippen LogP contribution in [0, 0.1) is 11.8 Å². The van der Waals surface area contributed by atoms with E-state index in [1.807, 2.05) is 0 Å². The lowest BCUT2D eigenvalue weighted by molar-refractivity contribution is 0.174. The second kappa shape index (κ2) is 5.61. The Bertz CT molecular complexity index is 126. The number of hydrogen-bond donors (Lipinski definition) is 1. The van der Waals surface area contributed by atoms with Crippen molar-refractivity contribution >= 4 is 0 Å². The predicted octanol–water partition coefficient (Wildman–Crippen LogP) is 1.70. The first-order valence-corrected chi connectivity index (χ1v) is 5.64. The molecule has 13 heavy (non-hydrogen) atoms. The van der Waals surface area contributed by atoms with Crippen LogP contribution in [0.1, 0.15) is 33.1 Å². The third-order valence-electron chi connectivity index (χ3n) is 2.96. The highest BCUT2D eigenvalue weighted by Crippen LogP contribution is 2.23. The van der Waals surface area contributed by atoms with Crippen molar-refractivity contribution in [2.45, 2.75) is 33.1 Å². The first kappa shape index (κ1) is 11.0. The molecule has 2 N–H and O–H groups in total. The van der Waals surface area contributed by atoms with Crippen molar-refractivity contribution in [1.82, 2.24) is 4.90 Å². The first-order valence-electron chi connectivity index (χ1n) is 5.64. The maximum absolute atomic E-state index is 5.53. The molecule has 0 atom stereocenters. The SMILES string of the molecule is CC(C)CC1CCN(CCN)CC1. The monoisotopic (exact) mass is 184 g/mol. The van der Waals surface area contributed by atoms with Gasteiger partial charge in [-0.2, -0.15) is 0 Å². The fourth-order valence-electron chi connectivity index (χ4n) is 2.29. The minimum absolute atomic E-state index is 0.814. The Kier molecular flexibility index (Phi) is 4.74. The zero-order valence-corrected chi connectivity index (χ0v) is 9.13. The van der Waals surface area contributed by atoms with Crippen LogP contribution in [-0.2, 0) is 0 Å². The number of rotatable bonds is 4. The molecule has 0 aromatic heterocycles. The van der Waals surface area contributed by atoms with Crippen LogP contribution >= 0.6 is 0 Å². The molecule has 0 bridgehead atoms. The first-order chi connectivity index (χ1) is 6.22. The highest BCUT2D eigenvalue weighted by atomic mass is 15.1. The topological polar surface area (TPSA) is 29.3 Å². The molecule has 78 valence electrons. The van der Waals surface area contributed by atoms with Gasteiger partial charge in [-0.25, -0.2) is 0 Å². The summed E-state index contributed by atoms with van der Waals surface area (Å²) in [7, 11) is 0. The largest absolute Gasteiger partial charge is 0.329 e. The Morgan fingerprint density at radius 3 is 2.38 bits per heavy atom. The van der Waals surface area contributed by atoms with Crippen LogP contribution in [0.15, 0.2) is 0 Å². The molecular formula is C11H24N2. The summed E-state index contributed by atoms with van der Waals surface area (Å²) in [5.74, 6) is 1.85. The van der Waals surface area contributed by atoms with E-state index in [1.54, 1.807) is 0 Å². The summed E-state index contributed by atoms with van der Waals surface area (Å²) in [6, 6.07) is 0. The maximum Gasteiger partial charge on any atom is 0.0105 e. The van der Waals surface area contributed by atoms with E-state index in [0.717, 1.165) is 24.9 Å². The third-order valence-corrected chi connectivity index (χ3v) is 2.96. The van der Waals surface area contributed by atoms with Crippen molar-refractivity contribution in [3.63, 3.8) is 0 Å². The zero-order valence-electron chi connectivity index (χ0n) is 9.13. The van der Waals surface area contributed by atoms with Gasteiger partial charge in [-0.15, -0.1) is 0 Å². The third kappa shape index (κ3) is 4.10. The van der Waals surface area contributed by atoms with Crippen molar-refractivity contribution < 1.29 is 0 Å². The molecule has 1 aliphatic heterocycles. The van der Waals surface area contributed by atoms with Gasteiger partial charge in [-0.05, 0) is 44.2 Å². The molecule has 1 saturated heterocycles. The van der Waals surface area contributed by atoms with E-state index in [2.05, 4.69) is 18.7 Å². The molecule has 1 heterocycles. The number of hydrogen-bond acceptors (Lipinski definition) is 2. The highest BCUT2D eigenvalue weighted by molar-refractivity contribution is 4.73. The Balaban J connectivity index is 2.15. The predicted molar refractivity (Wildman–Crippen MR) is 57.7 cm³/mol. The maximum atomic E-state index is 5.53. The van der Waals surface area contributed by atoms with Crippen molar-refractivity contribution in [2.24, 2.45) is 17.6 Å². The second-order valence-corrected chi connectivity index (χ2v) is 4.70. The summed E-state index contributed by atoms with van der Waals surface area (Å²) in [4.78, 5) is 2.50. The number of piperidine rings is 1. The smallest absolute Gasteiger partial charge is 0.0105 e. The summed E-state index contributed by atoms with van der Waals surface area (Å²) < 4.78 is 0. The normalized spacial score (nSPS) is 21.2. The van der Waals surface area contributed by atoms with Crippen molar-refractivity contribution in [3.8, 4) is 0 Å².